The van der Waals surface area contributed by atoms with Crippen LogP contribution in [0.2, 0.25) is 0 Å². The van der Waals surface area contributed by atoms with E-state index >= 15 is 0 Å². The smallest absolute Gasteiger partial charge is 0.329 e. The maximum Gasteiger partial charge on any atom is 0.329 e. The number of rotatable bonds is 13. The van der Waals surface area contributed by atoms with Gasteiger partial charge in [-0.15, -0.1) is 0 Å². The van der Waals surface area contributed by atoms with Gasteiger partial charge in [0, 0.05) is 36.1 Å². The maximum atomic E-state index is 13.7. The minimum atomic E-state index is -3.78. The zero-order valence-corrected chi connectivity index (χ0v) is 26.6. The predicted octanol–water partition coefficient (Wildman–Crippen LogP) is 5.54. The first-order valence-corrected chi connectivity index (χ1v) is 16.3. The van der Waals surface area contributed by atoms with Gasteiger partial charge in [0.1, 0.15) is 6.04 Å². The summed E-state index contributed by atoms with van der Waals surface area (Å²) in [5.41, 5.74) is 3.09. The van der Waals surface area contributed by atoms with E-state index in [1.807, 2.05) is 61.5 Å². The molecule has 0 aliphatic carbocycles. The van der Waals surface area contributed by atoms with Crippen LogP contribution in [-0.2, 0) is 26.1 Å². The van der Waals surface area contributed by atoms with E-state index in [1.165, 1.54) is 28.6 Å². The molecule has 9 nitrogen and oxygen atoms in total. The molecule has 1 amide bonds. The second-order valence-corrected chi connectivity index (χ2v) is 12.6. The van der Waals surface area contributed by atoms with Crippen LogP contribution in [0.5, 0.6) is 0 Å². The van der Waals surface area contributed by atoms with Crippen molar-refractivity contribution in [3.8, 4) is 11.3 Å². The van der Waals surface area contributed by atoms with Gasteiger partial charge in [-0.25, -0.2) is 13.2 Å². The molecule has 0 radical (unpaired) electrons. The van der Waals surface area contributed by atoms with E-state index < -0.39 is 34.5 Å². The Balaban J connectivity index is 1.55. The van der Waals surface area contributed by atoms with E-state index in [0.717, 1.165) is 22.2 Å². The summed E-state index contributed by atoms with van der Waals surface area (Å²) >= 11 is 0. The summed E-state index contributed by atoms with van der Waals surface area (Å²) in [5.74, 6) is -2.11. The number of fused-ring (bicyclic) bond motifs is 1. The van der Waals surface area contributed by atoms with E-state index in [1.54, 1.807) is 27.7 Å². The maximum absolute atomic E-state index is 13.7. The van der Waals surface area contributed by atoms with Gasteiger partial charge in [-0.05, 0) is 42.7 Å². The molecule has 1 atom stereocenters. The molecule has 232 valence electrons. The fraction of sp³-hybridized carbons (Fsp3) is 0.324. The monoisotopic (exact) mass is 617 g/mol. The number of carbonyl (C=O) groups excluding carboxylic acids is 3. The molecule has 0 bridgehead atoms. The van der Waals surface area contributed by atoms with E-state index in [0.29, 0.717) is 25.2 Å². The van der Waals surface area contributed by atoms with Crippen LogP contribution in [0.4, 0.5) is 0 Å². The van der Waals surface area contributed by atoms with Crippen molar-refractivity contribution in [3.63, 3.8) is 0 Å². The van der Waals surface area contributed by atoms with Gasteiger partial charge in [0.2, 0.25) is 15.8 Å². The number of carbonyl (C=O) groups is 3. The second-order valence-electron chi connectivity index (χ2n) is 10.7. The molecular formula is C34H39N3O6S. The minimum absolute atomic E-state index is 0.0106. The van der Waals surface area contributed by atoms with E-state index in [4.69, 9.17) is 4.74 Å². The molecule has 1 heterocycles. The largest absolute Gasteiger partial charge is 0.456 e. The minimum Gasteiger partial charge on any atom is -0.456 e. The van der Waals surface area contributed by atoms with Crippen molar-refractivity contribution in [2.45, 2.75) is 52.1 Å². The number of aryl methyl sites for hydroxylation is 1. The van der Waals surface area contributed by atoms with Crippen molar-refractivity contribution in [1.29, 1.82) is 0 Å². The Morgan fingerprint density at radius 2 is 1.55 bits per heavy atom. The van der Waals surface area contributed by atoms with Crippen LogP contribution in [-0.4, -0.2) is 60.7 Å². The fourth-order valence-corrected chi connectivity index (χ4v) is 6.85. The number of para-hydroxylation sites is 1. The highest BCUT2D eigenvalue weighted by atomic mass is 32.2. The fourth-order valence-electron chi connectivity index (χ4n) is 5.34. The topological polar surface area (TPSA) is 115 Å². The average Bonchev–Trinajstić information content (AvgIpc) is 3.37. The first kappa shape index (κ1) is 32.6. The normalized spacial score (nSPS) is 12.4. The van der Waals surface area contributed by atoms with Gasteiger partial charge in [-0.2, -0.15) is 4.31 Å². The Bertz CT molecular complexity index is 1760. The number of hydrogen-bond acceptors (Lipinski definition) is 6. The van der Waals surface area contributed by atoms with Crippen LogP contribution in [0, 0.1) is 5.92 Å². The molecule has 0 fully saturated rings. The molecule has 10 heteroatoms. The third-order valence-corrected chi connectivity index (χ3v) is 9.65. The van der Waals surface area contributed by atoms with Crippen LogP contribution >= 0.6 is 0 Å². The van der Waals surface area contributed by atoms with Crippen LogP contribution < -0.4 is 5.32 Å². The van der Waals surface area contributed by atoms with Crippen LogP contribution in [0.15, 0.2) is 83.8 Å². The summed E-state index contributed by atoms with van der Waals surface area (Å²) in [5, 5.41) is 3.44. The Morgan fingerprint density at radius 1 is 0.886 bits per heavy atom. The number of nitrogens with zero attached hydrogens (tertiary/aromatic N) is 2. The third-order valence-electron chi connectivity index (χ3n) is 7.61. The van der Waals surface area contributed by atoms with Crippen molar-refractivity contribution in [2.24, 2.45) is 5.92 Å². The number of sulfonamides is 1. The van der Waals surface area contributed by atoms with Gasteiger partial charge in [-0.3, -0.25) is 9.59 Å². The molecule has 0 unspecified atom stereocenters. The Kier molecular flexibility index (Phi) is 10.4. The molecule has 4 aromatic rings. The quantitative estimate of drug-likeness (QED) is 0.156. The van der Waals surface area contributed by atoms with Crippen LogP contribution in [0.25, 0.3) is 22.2 Å². The standard InChI is InChI=1S/C34H39N3O6S/c1-6-36(7-2)44(41,42)26-18-14-17-25(21-26)33(39)35-31(23(4)5)34(40)43-22-29(38)30-27-19-12-13-20-28(27)37(8-3)32(30)24-15-10-9-11-16-24/h9-21,23,31H,6-8,22H2,1-5H3,(H,35,39)/t31-/m1/s1. The Labute approximate surface area is 258 Å². The summed E-state index contributed by atoms with van der Waals surface area (Å²) in [7, 11) is -3.78. The SMILES string of the molecule is CCN(CC)S(=O)(=O)c1cccc(C(=O)N[C@@H](C(=O)OCC(=O)c2c(-c3ccccc3)n(CC)c3ccccc23)C(C)C)c1. The van der Waals surface area contributed by atoms with E-state index in [9.17, 15) is 22.8 Å². The number of aromatic nitrogens is 1. The lowest BCUT2D eigenvalue weighted by atomic mass is 10.0. The van der Waals surface area contributed by atoms with Gasteiger partial charge in [0.25, 0.3) is 5.91 Å². The van der Waals surface area contributed by atoms with Crippen LogP contribution in [0.3, 0.4) is 0 Å². The highest BCUT2D eigenvalue weighted by molar-refractivity contribution is 7.89. The van der Waals surface area contributed by atoms with Crippen molar-refractivity contribution in [3.05, 3.63) is 90.0 Å². The predicted molar refractivity (Wildman–Crippen MR) is 171 cm³/mol. The number of nitrogens with one attached hydrogen (secondary N) is 1. The summed E-state index contributed by atoms with van der Waals surface area (Å²) in [6, 6.07) is 21.9. The first-order chi connectivity index (χ1) is 21.0. The van der Waals surface area contributed by atoms with Crippen molar-refractivity contribution >= 4 is 38.6 Å². The van der Waals surface area contributed by atoms with Gasteiger partial charge < -0.3 is 14.6 Å². The summed E-state index contributed by atoms with van der Waals surface area (Å²) in [6.07, 6.45) is 0. The van der Waals surface area contributed by atoms with Gasteiger partial charge in [-0.1, -0.05) is 82.3 Å². The molecule has 0 aliphatic rings. The molecule has 0 saturated carbocycles. The van der Waals surface area contributed by atoms with Gasteiger partial charge in [0.15, 0.2) is 6.61 Å². The molecule has 0 spiro atoms. The zero-order valence-electron chi connectivity index (χ0n) is 25.7. The molecule has 1 N–H and O–H groups in total. The lowest BCUT2D eigenvalue weighted by Gasteiger charge is -2.21. The first-order valence-electron chi connectivity index (χ1n) is 14.8. The summed E-state index contributed by atoms with van der Waals surface area (Å²) in [6.45, 7) is 9.70. The molecule has 0 saturated heterocycles. The van der Waals surface area contributed by atoms with E-state index in [-0.39, 0.29) is 22.2 Å². The Hall–Kier alpha value is -4.28. The number of ketones is 1. The number of amides is 1. The molecule has 3 aromatic carbocycles. The zero-order chi connectivity index (χ0) is 32.0. The van der Waals surface area contributed by atoms with Crippen LogP contribution in [0.1, 0.15) is 55.3 Å². The molecule has 44 heavy (non-hydrogen) atoms. The Morgan fingerprint density at radius 3 is 2.18 bits per heavy atom. The molecule has 4 rings (SSSR count). The van der Waals surface area contributed by atoms with Crippen molar-refractivity contribution in [2.75, 3.05) is 19.7 Å². The summed E-state index contributed by atoms with van der Waals surface area (Å²) < 4.78 is 34.9. The number of hydrogen-bond donors (Lipinski definition) is 1. The van der Waals surface area contributed by atoms with Gasteiger partial charge in [0.05, 0.1) is 16.2 Å². The average molecular weight is 618 g/mol. The van der Waals surface area contributed by atoms with Crippen molar-refractivity contribution in [1.82, 2.24) is 14.2 Å². The highest BCUT2D eigenvalue weighted by Gasteiger charge is 2.30. The number of ether oxygens (including phenoxy) is 1. The molecule has 1 aromatic heterocycles. The number of Topliss-reactive ketones (excluding diaryl/α,β-unsaturated/α-hetero) is 1. The lowest BCUT2D eigenvalue weighted by molar-refractivity contribution is -0.145. The lowest BCUT2D eigenvalue weighted by Crippen LogP contribution is -2.45. The van der Waals surface area contributed by atoms with Crippen molar-refractivity contribution < 1.29 is 27.5 Å². The molecule has 0 aliphatic heterocycles. The van der Waals surface area contributed by atoms with E-state index in [2.05, 4.69) is 9.88 Å². The molecular weight excluding hydrogens is 578 g/mol. The summed E-state index contributed by atoms with van der Waals surface area (Å²) in [4.78, 5) is 40.2. The third kappa shape index (κ3) is 6.61. The number of esters is 1. The van der Waals surface area contributed by atoms with Gasteiger partial charge >= 0.3 is 5.97 Å². The second kappa shape index (κ2) is 14.0. The number of benzene rings is 3. The highest BCUT2D eigenvalue weighted by Crippen LogP contribution is 2.34.